The van der Waals surface area contributed by atoms with Crippen molar-refractivity contribution < 1.29 is 4.74 Å². The van der Waals surface area contributed by atoms with Crippen LogP contribution in [0.5, 0.6) is 6.01 Å². The lowest BCUT2D eigenvalue weighted by atomic mass is 10.3. The van der Waals surface area contributed by atoms with Gasteiger partial charge in [0, 0.05) is 18.9 Å². The molecule has 19 heavy (non-hydrogen) atoms. The largest absolute Gasteiger partial charge is 0.461 e. The molecule has 7 heteroatoms. The molecule has 0 amide bonds. The third kappa shape index (κ3) is 4.33. The van der Waals surface area contributed by atoms with Gasteiger partial charge in [-0.05, 0) is 37.1 Å². The van der Waals surface area contributed by atoms with E-state index in [9.17, 15) is 0 Å². The maximum atomic E-state index is 5.82. The van der Waals surface area contributed by atoms with Gasteiger partial charge in [0.05, 0.1) is 6.10 Å². The van der Waals surface area contributed by atoms with E-state index in [1.807, 2.05) is 26.0 Å². The van der Waals surface area contributed by atoms with E-state index in [2.05, 4.69) is 25.3 Å². The maximum absolute atomic E-state index is 5.82. The first-order chi connectivity index (χ1) is 9.13. The summed E-state index contributed by atoms with van der Waals surface area (Å²) in [6.45, 7) is 4.33. The van der Waals surface area contributed by atoms with Gasteiger partial charge >= 0.3 is 6.01 Å². The van der Waals surface area contributed by atoms with Crippen LogP contribution in [0.15, 0.2) is 24.5 Å². The average molecular weight is 280 g/mol. The molecule has 0 radical (unpaired) electrons. The van der Waals surface area contributed by atoms with Gasteiger partial charge in [-0.2, -0.15) is 15.0 Å². The topological polar surface area (TPSA) is 72.8 Å². The summed E-state index contributed by atoms with van der Waals surface area (Å²) in [6.07, 6.45) is 3.46. The van der Waals surface area contributed by atoms with Crippen LogP contribution in [-0.4, -0.2) is 26.0 Å². The Hall–Kier alpha value is -1.95. The predicted octanol–water partition coefficient (Wildman–Crippen LogP) is 2.32. The number of ether oxygens (including phenoxy) is 1. The van der Waals surface area contributed by atoms with E-state index in [1.54, 1.807) is 12.4 Å². The number of nitrogens with zero attached hydrogens (tertiary/aromatic N) is 4. The highest BCUT2D eigenvalue weighted by Gasteiger charge is 2.07. The van der Waals surface area contributed by atoms with Gasteiger partial charge < -0.3 is 10.1 Å². The van der Waals surface area contributed by atoms with E-state index >= 15 is 0 Å². The second kappa shape index (κ2) is 6.29. The van der Waals surface area contributed by atoms with Gasteiger partial charge in [-0.25, -0.2) is 0 Å². The normalized spacial score (nSPS) is 10.5. The molecule has 0 aliphatic rings. The molecule has 100 valence electrons. The van der Waals surface area contributed by atoms with Crippen LogP contribution in [0.1, 0.15) is 19.4 Å². The van der Waals surface area contributed by atoms with E-state index in [1.165, 1.54) is 0 Å². The highest BCUT2D eigenvalue weighted by atomic mass is 35.5. The van der Waals surface area contributed by atoms with E-state index in [0.717, 1.165) is 5.56 Å². The van der Waals surface area contributed by atoms with Gasteiger partial charge in [-0.3, -0.25) is 4.98 Å². The minimum absolute atomic E-state index is 0.0235. The van der Waals surface area contributed by atoms with Crippen molar-refractivity contribution in [2.24, 2.45) is 0 Å². The van der Waals surface area contributed by atoms with Crippen molar-refractivity contribution in [1.29, 1.82) is 0 Å². The first-order valence-electron chi connectivity index (χ1n) is 5.84. The number of rotatable bonds is 5. The fourth-order valence-electron chi connectivity index (χ4n) is 1.36. The summed E-state index contributed by atoms with van der Waals surface area (Å²) in [5.74, 6) is 0.375. The Morgan fingerprint density at radius 1 is 1.32 bits per heavy atom. The van der Waals surface area contributed by atoms with Crippen molar-refractivity contribution in [3.8, 4) is 6.01 Å². The Morgan fingerprint density at radius 2 is 2.16 bits per heavy atom. The summed E-state index contributed by atoms with van der Waals surface area (Å²) in [5.41, 5.74) is 1.02. The van der Waals surface area contributed by atoms with Crippen molar-refractivity contribution in [2.45, 2.75) is 26.5 Å². The second-order valence-corrected chi connectivity index (χ2v) is 4.43. The molecule has 0 saturated heterocycles. The molecule has 0 saturated carbocycles. The molecule has 0 bridgehead atoms. The Labute approximate surface area is 116 Å². The molecule has 0 unspecified atom stereocenters. The second-order valence-electron chi connectivity index (χ2n) is 4.09. The number of hydrogen-bond donors (Lipinski definition) is 1. The quantitative estimate of drug-likeness (QED) is 0.905. The summed E-state index contributed by atoms with van der Waals surface area (Å²) in [6, 6.07) is 4.03. The fraction of sp³-hybridized carbons (Fsp3) is 0.333. The van der Waals surface area contributed by atoms with Gasteiger partial charge in [0.25, 0.3) is 0 Å². The van der Waals surface area contributed by atoms with Gasteiger partial charge in [0.15, 0.2) is 0 Å². The van der Waals surface area contributed by atoms with Gasteiger partial charge in [-0.15, -0.1) is 0 Å². The Bertz CT molecular complexity index is 535. The summed E-state index contributed by atoms with van der Waals surface area (Å²) in [5, 5.41) is 3.15. The van der Waals surface area contributed by atoms with Crippen LogP contribution in [0.3, 0.4) is 0 Å². The van der Waals surface area contributed by atoms with Crippen molar-refractivity contribution in [3.63, 3.8) is 0 Å². The Kier molecular flexibility index (Phi) is 4.46. The highest BCUT2D eigenvalue weighted by molar-refractivity contribution is 6.28. The van der Waals surface area contributed by atoms with Gasteiger partial charge in [0.2, 0.25) is 11.2 Å². The number of anilines is 1. The number of aromatic nitrogens is 4. The fourth-order valence-corrected chi connectivity index (χ4v) is 1.51. The molecular weight excluding hydrogens is 266 g/mol. The van der Waals surface area contributed by atoms with E-state index in [4.69, 9.17) is 16.3 Å². The molecule has 2 aromatic heterocycles. The van der Waals surface area contributed by atoms with Crippen LogP contribution in [0.4, 0.5) is 5.95 Å². The van der Waals surface area contributed by atoms with E-state index < -0.39 is 0 Å². The van der Waals surface area contributed by atoms with Crippen molar-refractivity contribution in [3.05, 3.63) is 35.4 Å². The summed E-state index contributed by atoms with van der Waals surface area (Å²) < 4.78 is 5.39. The molecular formula is C12H14ClN5O. The zero-order valence-corrected chi connectivity index (χ0v) is 11.4. The lowest BCUT2D eigenvalue weighted by Crippen LogP contribution is -2.11. The molecule has 2 rings (SSSR count). The van der Waals surface area contributed by atoms with Crippen LogP contribution in [-0.2, 0) is 6.54 Å². The highest BCUT2D eigenvalue weighted by Crippen LogP contribution is 2.13. The van der Waals surface area contributed by atoms with Crippen LogP contribution in [0.25, 0.3) is 0 Å². The minimum atomic E-state index is -0.0235. The summed E-state index contributed by atoms with van der Waals surface area (Å²) in [7, 11) is 0. The van der Waals surface area contributed by atoms with Crippen LogP contribution in [0.2, 0.25) is 5.28 Å². The van der Waals surface area contributed by atoms with Gasteiger partial charge in [0.1, 0.15) is 0 Å². The number of hydrogen-bond acceptors (Lipinski definition) is 6. The number of nitrogens with one attached hydrogen (secondary N) is 1. The molecule has 2 aromatic rings. The average Bonchev–Trinajstić information content (AvgIpc) is 2.36. The van der Waals surface area contributed by atoms with Crippen molar-refractivity contribution in [2.75, 3.05) is 5.32 Å². The third-order valence-electron chi connectivity index (χ3n) is 2.10. The first-order valence-corrected chi connectivity index (χ1v) is 6.22. The third-order valence-corrected chi connectivity index (χ3v) is 2.27. The molecule has 0 aromatic carbocycles. The molecule has 0 aliphatic carbocycles. The van der Waals surface area contributed by atoms with Crippen LogP contribution < -0.4 is 10.1 Å². The maximum Gasteiger partial charge on any atom is 0.322 e. The summed E-state index contributed by atoms with van der Waals surface area (Å²) in [4.78, 5) is 16.0. The lowest BCUT2D eigenvalue weighted by Gasteiger charge is -2.09. The van der Waals surface area contributed by atoms with E-state index in [-0.39, 0.29) is 17.4 Å². The molecule has 0 spiro atoms. The number of pyridine rings is 1. The minimum Gasteiger partial charge on any atom is -0.461 e. The lowest BCUT2D eigenvalue weighted by molar-refractivity contribution is 0.222. The Balaban J connectivity index is 2.05. The monoisotopic (exact) mass is 279 g/mol. The SMILES string of the molecule is CC(C)Oc1nc(Cl)nc(NCc2cccnc2)n1. The van der Waals surface area contributed by atoms with Crippen molar-refractivity contribution in [1.82, 2.24) is 19.9 Å². The van der Waals surface area contributed by atoms with Gasteiger partial charge in [-0.1, -0.05) is 6.07 Å². The van der Waals surface area contributed by atoms with Crippen molar-refractivity contribution >= 4 is 17.5 Å². The molecule has 0 aliphatic heterocycles. The molecule has 0 fully saturated rings. The van der Waals surface area contributed by atoms with Crippen LogP contribution >= 0.6 is 11.6 Å². The number of halogens is 1. The predicted molar refractivity (Wildman–Crippen MR) is 72.2 cm³/mol. The molecule has 0 atom stereocenters. The molecule has 6 nitrogen and oxygen atoms in total. The van der Waals surface area contributed by atoms with Crippen LogP contribution in [0, 0.1) is 0 Å². The Morgan fingerprint density at radius 3 is 2.84 bits per heavy atom. The molecule has 2 heterocycles. The van der Waals surface area contributed by atoms with E-state index in [0.29, 0.717) is 12.5 Å². The zero-order chi connectivity index (χ0) is 13.7. The zero-order valence-electron chi connectivity index (χ0n) is 10.7. The summed E-state index contributed by atoms with van der Waals surface area (Å²) >= 11 is 5.82. The molecule has 1 N–H and O–H groups in total. The smallest absolute Gasteiger partial charge is 0.322 e. The standard InChI is InChI=1S/C12H14ClN5O/c1-8(2)19-12-17-10(13)16-11(18-12)15-7-9-4-3-5-14-6-9/h3-6,8H,7H2,1-2H3,(H,15,16,17,18). The first kappa shape index (κ1) is 13.5.